The number of carbonyl (C=O) groups is 2. The molecule has 1 aliphatic heterocycles. The number of hydrogen-bond donors (Lipinski definition) is 1. The minimum atomic E-state index is -0.135. The lowest BCUT2D eigenvalue weighted by Gasteiger charge is -2.40. The average Bonchev–Trinajstić information content (AvgIpc) is 3.43. The van der Waals surface area contributed by atoms with Crippen molar-refractivity contribution in [3.05, 3.63) is 59.7 Å². The summed E-state index contributed by atoms with van der Waals surface area (Å²) in [7, 11) is 3.28. The third-order valence-corrected chi connectivity index (χ3v) is 7.31. The van der Waals surface area contributed by atoms with Crippen LogP contribution >= 0.6 is 0 Å². The molecule has 2 fully saturated rings. The van der Waals surface area contributed by atoms with Crippen LogP contribution in [0.5, 0.6) is 11.5 Å². The van der Waals surface area contributed by atoms with Crippen molar-refractivity contribution in [2.24, 2.45) is 5.92 Å². The Hall–Kier alpha value is -3.06. The van der Waals surface area contributed by atoms with Crippen molar-refractivity contribution < 1.29 is 19.1 Å². The Morgan fingerprint density at radius 2 is 1.71 bits per heavy atom. The number of amides is 2. The van der Waals surface area contributed by atoms with Gasteiger partial charge in [-0.25, -0.2) is 0 Å². The van der Waals surface area contributed by atoms with Gasteiger partial charge in [0, 0.05) is 38.3 Å². The quantitative estimate of drug-likeness (QED) is 0.597. The fourth-order valence-corrected chi connectivity index (χ4v) is 5.43. The van der Waals surface area contributed by atoms with E-state index in [4.69, 9.17) is 9.47 Å². The van der Waals surface area contributed by atoms with Crippen LogP contribution in [-0.4, -0.2) is 74.6 Å². The number of rotatable bonds is 9. The molecule has 2 amide bonds. The molecular weight excluding hydrogens is 442 g/mol. The predicted octanol–water partition coefficient (Wildman–Crippen LogP) is 3.38. The monoisotopic (exact) mass is 479 g/mol. The molecule has 35 heavy (non-hydrogen) atoms. The van der Waals surface area contributed by atoms with Crippen LogP contribution < -0.4 is 14.8 Å². The van der Waals surface area contributed by atoms with E-state index in [1.807, 2.05) is 47.4 Å². The van der Waals surface area contributed by atoms with Crippen molar-refractivity contribution >= 4 is 11.8 Å². The summed E-state index contributed by atoms with van der Waals surface area (Å²) in [5, 5.41) is 3.20. The second-order valence-electron chi connectivity index (χ2n) is 9.40. The zero-order valence-electron chi connectivity index (χ0n) is 20.9. The van der Waals surface area contributed by atoms with E-state index >= 15 is 0 Å². The highest BCUT2D eigenvalue weighted by Crippen LogP contribution is 2.31. The first-order valence-corrected chi connectivity index (χ1v) is 12.7. The van der Waals surface area contributed by atoms with Gasteiger partial charge in [-0.15, -0.1) is 0 Å². The van der Waals surface area contributed by atoms with E-state index in [0.717, 1.165) is 30.6 Å². The van der Waals surface area contributed by atoms with Crippen LogP contribution in [0, 0.1) is 5.92 Å². The third-order valence-electron chi connectivity index (χ3n) is 7.31. The van der Waals surface area contributed by atoms with Gasteiger partial charge < -0.3 is 19.7 Å². The molecule has 0 spiro atoms. The van der Waals surface area contributed by atoms with Gasteiger partial charge >= 0.3 is 0 Å². The molecule has 2 aromatic rings. The zero-order chi connectivity index (χ0) is 24.6. The van der Waals surface area contributed by atoms with E-state index in [1.54, 1.807) is 20.3 Å². The maximum atomic E-state index is 13.4. The maximum Gasteiger partial charge on any atom is 0.254 e. The summed E-state index contributed by atoms with van der Waals surface area (Å²) in [4.78, 5) is 30.6. The number of carbonyl (C=O) groups excluding carboxylic acids is 2. The van der Waals surface area contributed by atoms with Crippen molar-refractivity contribution in [3.8, 4) is 11.5 Å². The summed E-state index contributed by atoms with van der Waals surface area (Å²) < 4.78 is 10.7. The van der Waals surface area contributed by atoms with Gasteiger partial charge in [0.2, 0.25) is 5.91 Å². The van der Waals surface area contributed by atoms with E-state index in [9.17, 15) is 9.59 Å². The van der Waals surface area contributed by atoms with Gasteiger partial charge in [0.1, 0.15) is 11.5 Å². The van der Waals surface area contributed by atoms with Crippen molar-refractivity contribution in [1.29, 1.82) is 0 Å². The Morgan fingerprint density at radius 3 is 2.43 bits per heavy atom. The molecule has 1 saturated carbocycles. The van der Waals surface area contributed by atoms with Gasteiger partial charge in [0.15, 0.2) is 0 Å². The lowest BCUT2D eigenvalue weighted by molar-refractivity contribution is -0.129. The van der Waals surface area contributed by atoms with Crippen molar-refractivity contribution in [3.63, 3.8) is 0 Å². The highest BCUT2D eigenvalue weighted by molar-refractivity contribution is 5.94. The highest BCUT2D eigenvalue weighted by atomic mass is 16.5. The lowest BCUT2D eigenvalue weighted by Crippen LogP contribution is -2.58. The minimum absolute atomic E-state index is 0.0160. The Balaban J connectivity index is 1.36. The van der Waals surface area contributed by atoms with Gasteiger partial charge in [-0.1, -0.05) is 37.1 Å². The summed E-state index contributed by atoms with van der Waals surface area (Å²) >= 11 is 0. The fraction of sp³-hybridized carbons (Fsp3) is 0.500. The molecular formula is C28H37N3O4. The minimum Gasteiger partial charge on any atom is -0.497 e. The normalized spacial score (nSPS) is 17.7. The Kier molecular flexibility index (Phi) is 8.64. The zero-order valence-corrected chi connectivity index (χ0v) is 20.9. The summed E-state index contributed by atoms with van der Waals surface area (Å²) in [5.74, 6) is 2.04. The Labute approximate surface area is 208 Å². The number of nitrogens with zero attached hydrogens (tertiary/aromatic N) is 2. The van der Waals surface area contributed by atoms with E-state index in [0.29, 0.717) is 50.0 Å². The molecule has 0 radical (unpaired) electrons. The van der Waals surface area contributed by atoms with E-state index in [-0.39, 0.29) is 17.9 Å². The molecule has 0 bridgehead atoms. The molecule has 1 saturated heterocycles. The largest absolute Gasteiger partial charge is 0.497 e. The van der Waals surface area contributed by atoms with Crippen LogP contribution in [0.25, 0.3) is 0 Å². The van der Waals surface area contributed by atoms with Gasteiger partial charge in [0.05, 0.1) is 20.3 Å². The number of ether oxygens (including phenoxy) is 2. The molecule has 1 N–H and O–H groups in total. The Morgan fingerprint density at radius 1 is 0.971 bits per heavy atom. The number of hydrogen-bond acceptors (Lipinski definition) is 5. The van der Waals surface area contributed by atoms with Crippen molar-refractivity contribution in [2.75, 3.05) is 46.9 Å². The predicted molar refractivity (Wildman–Crippen MR) is 136 cm³/mol. The van der Waals surface area contributed by atoms with Crippen LogP contribution in [0.15, 0.2) is 48.5 Å². The van der Waals surface area contributed by atoms with Gasteiger partial charge in [-0.2, -0.15) is 0 Å². The van der Waals surface area contributed by atoms with Crippen LogP contribution in [0.1, 0.15) is 41.6 Å². The van der Waals surface area contributed by atoms with Gasteiger partial charge in [-0.3, -0.25) is 14.5 Å². The fourth-order valence-electron chi connectivity index (χ4n) is 5.43. The van der Waals surface area contributed by atoms with Crippen LogP contribution in [0.2, 0.25) is 0 Å². The van der Waals surface area contributed by atoms with Crippen LogP contribution in [0.3, 0.4) is 0 Å². The first kappa shape index (κ1) is 25.0. The van der Waals surface area contributed by atoms with Crippen molar-refractivity contribution in [1.82, 2.24) is 15.1 Å². The third kappa shape index (κ3) is 6.14. The molecule has 188 valence electrons. The number of para-hydroxylation sites is 1. The van der Waals surface area contributed by atoms with Crippen LogP contribution in [0.4, 0.5) is 0 Å². The van der Waals surface area contributed by atoms with E-state index in [1.165, 1.54) is 12.8 Å². The molecule has 7 heteroatoms. The molecule has 7 nitrogen and oxygen atoms in total. The molecule has 2 aliphatic rings. The topological polar surface area (TPSA) is 71.1 Å². The molecule has 1 heterocycles. The molecule has 4 rings (SSSR count). The standard InChI is InChI=1S/C28H37N3O4/c1-34-24-12-7-11-23(20-24)28(33)31-18-16-30(17-19-31)26(22-9-3-4-10-22)27(32)29-15-14-21-8-5-6-13-25(21)35-2/h5-8,11-13,20,22,26H,3-4,9-10,14-19H2,1-2H3,(H,29,32). The average molecular weight is 480 g/mol. The second kappa shape index (κ2) is 12.1. The van der Waals surface area contributed by atoms with Gasteiger partial charge in [0.25, 0.3) is 5.91 Å². The number of nitrogens with one attached hydrogen (secondary N) is 1. The van der Waals surface area contributed by atoms with Gasteiger partial charge in [-0.05, 0) is 55.0 Å². The molecule has 1 atom stereocenters. The number of methoxy groups -OCH3 is 2. The molecule has 1 aliphatic carbocycles. The van der Waals surface area contributed by atoms with E-state index < -0.39 is 0 Å². The van der Waals surface area contributed by atoms with Crippen LogP contribution in [-0.2, 0) is 11.2 Å². The van der Waals surface area contributed by atoms with E-state index in [2.05, 4.69) is 10.2 Å². The maximum absolute atomic E-state index is 13.4. The first-order valence-electron chi connectivity index (χ1n) is 12.7. The summed E-state index contributed by atoms with van der Waals surface area (Å²) in [6.45, 7) is 3.23. The molecule has 2 aromatic carbocycles. The SMILES string of the molecule is COc1cccc(C(=O)N2CCN(C(C(=O)NCCc3ccccc3OC)C3CCCC3)CC2)c1. The molecule has 0 aromatic heterocycles. The first-order chi connectivity index (χ1) is 17.1. The summed E-state index contributed by atoms with van der Waals surface area (Å²) in [5.41, 5.74) is 1.73. The van der Waals surface area contributed by atoms with Crippen molar-refractivity contribution in [2.45, 2.75) is 38.1 Å². The summed E-state index contributed by atoms with van der Waals surface area (Å²) in [6.07, 6.45) is 5.28. The smallest absolute Gasteiger partial charge is 0.254 e. The summed E-state index contributed by atoms with van der Waals surface area (Å²) in [6, 6.07) is 15.1. The number of piperazine rings is 1. The highest BCUT2D eigenvalue weighted by Gasteiger charge is 2.37. The Bertz CT molecular complexity index is 997. The molecule has 1 unspecified atom stereocenters. The number of benzene rings is 2. The lowest BCUT2D eigenvalue weighted by atomic mass is 9.94. The second-order valence-corrected chi connectivity index (χ2v) is 9.40.